The van der Waals surface area contributed by atoms with Crippen molar-refractivity contribution >= 4 is 55.7 Å². The molecule has 0 aliphatic heterocycles. The quantitative estimate of drug-likeness (QED) is 0.526. The van der Waals surface area contributed by atoms with Crippen molar-refractivity contribution in [3.05, 3.63) is 87.8 Å². The predicted octanol–water partition coefficient (Wildman–Crippen LogP) is 4.97. The second-order valence-electron chi connectivity index (χ2n) is 4.58. The lowest BCUT2D eigenvalue weighted by molar-refractivity contribution is 1.64. The third kappa shape index (κ3) is 3.29. The third-order valence-corrected chi connectivity index (χ3v) is 8.04. The molecule has 0 saturated carbocycles. The second-order valence-corrected chi connectivity index (χ2v) is 8.41. The molecule has 3 heteroatoms. The summed E-state index contributed by atoms with van der Waals surface area (Å²) in [5, 5.41) is 4.05. The standard InChI is InChI=1S/C18H13Br2P/c19-16-12-7-13-17(18(16)20)21(14-8-3-1-4-9-14)15-10-5-2-6-11-15/h1-13H. The first-order valence-corrected chi connectivity index (χ1v) is 9.54. The molecule has 3 rings (SSSR count). The van der Waals surface area contributed by atoms with Gasteiger partial charge in [0, 0.05) is 14.2 Å². The molecule has 0 atom stereocenters. The molecule has 0 unspecified atom stereocenters. The van der Waals surface area contributed by atoms with E-state index in [1.807, 2.05) is 0 Å². The molecule has 21 heavy (non-hydrogen) atoms. The molecule has 0 nitrogen and oxygen atoms in total. The van der Waals surface area contributed by atoms with Gasteiger partial charge in [0.2, 0.25) is 0 Å². The maximum Gasteiger partial charge on any atom is 0.0400 e. The van der Waals surface area contributed by atoms with Crippen molar-refractivity contribution in [1.29, 1.82) is 0 Å². The fraction of sp³-hybridized carbons (Fsp3) is 0. The van der Waals surface area contributed by atoms with Gasteiger partial charge in [-0.25, -0.2) is 0 Å². The van der Waals surface area contributed by atoms with Crippen LogP contribution in [0.15, 0.2) is 87.8 Å². The molecule has 3 aromatic carbocycles. The molecule has 0 aliphatic carbocycles. The lowest BCUT2D eigenvalue weighted by Gasteiger charge is -2.21. The van der Waals surface area contributed by atoms with Gasteiger partial charge in [-0.15, -0.1) is 0 Å². The predicted molar refractivity (Wildman–Crippen MR) is 101 cm³/mol. The Morgan fingerprint density at radius 3 is 1.62 bits per heavy atom. The third-order valence-electron chi connectivity index (χ3n) is 3.20. The summed E-state index contributed by atoms with van der Waals surface area (Å²) >= 11 is 7.37. The van der Waals surface area contributed by atoms with Crippen LogP contribution in [0.3, 0.4) is 0 Å². The summed E-state index contributed by atoms with van der Waals surface area (Å²) in [5.41, 5.74) is 0. The maximum atomic E-state index is 3.74. The molecule has 0 heterocycles. The highest BCUT2D eigenvalue weighted by atomic mass is 79.9. The van der Waals surface area contributed by atoms with Crippen molar-refractivity contribution in [3.8, 4) is 0 Å². The molecule has 0 N–H and O–H groups in total. The second kappa shape index (κ2) is 6.87. The monoisotopic (exact) mass is 418 g/mol. The molecule has 0 fully saturated rings. The average molecular weight is 420 g/mol. The Bertz CT molecular complexity index is 687. The van der Waals surface area contributed by atoms with Gasteiger partial charge in [0.15, 0.2) is 0 Å². The summed E-state index contributed by atoms with van der Waals surface area (Å²) in [5.74, 6) is 0. The molecule has 104 valence electrons. The van der Waals surface area contributed by atoms with Crippen LogP contribution in [0.25, 0.3) is 0 Å². The fourth-order valence-electron chi connectivity index (χ4n) is 2.25. The number of hydrogen-bond donors (Lipinski definition) is 0. The van der Waals surface area contributed by atoms with Gasteiger partial charge in [0.05, 0.1) is 0 Å². The lowest BCUT2D eigenvalue weighted by Crippen LogP contribution is -2.21. The van der Waals surface area contributed by atoms with E-state index in [2.05, 4.69) is 111 Å². The van der Waals surface area contributed by atoms with E-state index in [0.29, 0.717) is 0 Å². The van der Waals surface area contributed by atoms with E-state index >= 15 is 0 Å². The maximum absolute atomic E-state index is 3.74. The van der Waals surface area contributed by atoms with Crippen molar-refractivity contribution < 1.29 is 0 Å². The molecular formula is C18H13Br2P. The van der Waals surface area contributed by atoms with E-state index in [9.17, 15) is 0 Å². The van der Waals surface area contributed by atoms with Crippen LogP contribution in [-0.4, -0.2) is 0 Å². The van der Waals surface area contributed by atoms with Gasteiger partial charge in [-0.1, -0.05) is 72.8 Å². The van der Waals surface area contributed by atoms with Gasteiger partial charge in [-0.2, -0.15) is 0 Å². The molecule has 3 aromatic rings. The van der Waals surface area contributed by atoms with Crippen molar-refractivity contribution in [1.82, 2.24) is 0 Å². The van der Waals surface area contributed by atoms with E-state index < -0.39 is 7.92 Å². The largest absolute Gasteiger partial charge is 0.0622 e. The van der Waals surface area contributed by atoms with Crippen LogP contribution in [0.2, 0.25) is 0 Å². The molecular weight excluding hydrogens is 407 g/mol. The number of halogens is 2. The Morgan fingerprint density at radius 1 is 0.571 bits per heavy atom. The van der Waals surface area contributed by atoms with E-state index in [4.69, 9.17) is 0 Å². The first kappa shape index (κ1) is 15.0. The molecule has 0 radical (unpaired) electrons. The van der Waals surface area contributed by atoms with E-state index in [1.165, 1.54) is 15.9 Å². The zero-order valence-corrected chi connectivity index (χ0v) is 15.3. The summed E-state index contributed by atoms with van der Waals surface area (Å²) in [6, 6.07) is 27.8. The average Bonchev–Trinajstić information content (AvgIpc) is 2.54. The minimum Gasteiger partial charge on any atom is -0.0622 e. The van der Waals surface area contributed by atoms with Crippen LogP contribution in [0.5, 0.6) is 0 Å². The Morgan fingerprint density at radius 2 is 1.10 bits per heavy atom. The topological polar surface area (TPSA) is 0 Å². The van der Waals surface area contributed by atoms with E-state index in [-0.39, 0.29) is 0 Å². The highest BCUT2D eigenvalue weighted by Crippen LogP contribution is 2.37. The summed E-state index contributed by atoms with van der Waals surface area (Å²) in [7, 11) is -0.560. The Hall–Kier alpha value is -0.950. The van der Waals surface area contributed by atoms with E-state index in [1.54, 1.807) is 0 Å². The highest BCUT2D eigenvalue weighted by molar-refractivity contribution is 9.13. The van der Waals surface area contributed by atoms with Gasteiger partial charge in [-0.05, 0) is 56.5 Å². The number of benzene rings is 3. The van der Waals surface area contributed by atoms with Crippen LogP contribution in [-0.2, 0) is 0 Å². The van der Waals surface area contributed by atoms with Crippen molar-refractivity contribution in [2.45, 2.75) is 0 Å². The first-order chi connectivity index (χ1) is 10.3. The normalized spacial score (nSPS) is 10.8. The van der Waals surface area contributed by atoms with Gasteiger partial charge in [0.1, 0.15) is 0 Å². The van der Waals surface area contributed by atoms with E-state index in [0.717, 1.165) is 8.95 Å². The Labute approximate surface area is 143 Å². The molecule has 0 amide bonds. The first-order valence-electron chi connectivity index (χ1n) is 6.61. The molecule has 0 aromatic heterocycles. The summed E-state index contributed by atoms with van der Waals surface area (Å²) in [4.78, 5) is 0. The lowest BCUT2D eigenvalue weighted by atomic mass is 10.4. The SMILES string of the molecule is Brc1cccc(P(c2ccccc2)c2ccccc2)c1Br. The highest BCUT2D eigenvalue weighted by Gasteiger charge is 2.19. The summed E-state index contributed by atoms with van der Waals surface area (Å²) in [6.45, 7) is 0. The van der Waals surface area contributed by atoms with Crippen molar-refractivity contribution in [3.63, 3.8) is 0 Å². The molecule has 0 spiro atoms. The summed E-state index contributed by atoms with van der Waals surface area (Å²) < 4.78 is 2.24. The molecule has 0 saturated heterocycles. The minimum atomic E-state index is -0.560. The van der Waals surface area contributed by atoms with Gasteiger partial charge < -0.3 is 0 Å². The van der Waals surface area contributed by atoms with Crippen LogP contribution in [0.4, 0.5) is 0 Å². The number of rotatable bonds is 3. The Kier molecular flexibility index (Phi) is 4.90. The molecule has 0 bridgehead atoms. The van der Waals surface area contributed by atoms with Crippen LogP contribution in [0.1, 0.15) is 0 Å². The van der Waals surface area contributed by atoms with Gasteiger partial charge in [-0.3, -0.25) is 0 Å². The number of hydrogen-bond acceptors (Lipinski definition) is 0. The molecule has 0 aliphatic rings. The fourth-order valence-corrected chi connectivity index (χ4v) is 5.91. The zero-order chi connectivity index (χ0) is 14.7. The van der Waals surface area contributed by atoms with Crippen LogP contribution >= 0.6 is 39.8 Å². The summed E-state index contributed by atoms with van der Waals surface area (Å²) in [6.07, 6.45) is 0. The van der Waals surface area contributed by atoms with Gasteiger partial charge >= 0.3 is 0 Å². The zero-order valence-electron chi connectivity index (χ0n) is 11.2. The Balaban J connectivity index is 2.20. The van der Waals surface area contributed by atoms with Crippen molar-refractivity contribution in [2.75, 3.05) is 0 Å². The van der Waals surface area contributed by atoms with Crippen LogP contribution in [0, 0.1) is 0 Å². The minimum absolute atomic E-state index is 0.560. The van der Waals surface area contributed by atoms with Crippen molar-refractivity contribution in [2.24, 2.45) is 0 Å². The van der Waals surface area contributed by atoms with Gasteiger partial charge in [0.25, 0.3) is 0 Å². The smallest absolute Gasteiger partial charge is 0.0400 e. The van der Waals surface area contributed by atoms with Crippen LogP contribution < -0.4 is 15.9 Å².